The first kappa shape index (κ1) is 12.2. The molecule has 2 rings (SSSR count). The van der Waals surface area contributed by atoms with Gasteiger partial charge in [0.25, 0.3) is 0 Å². The Hall–Kier alpha value is -1.27. The summed E-state index contributed by atoms with van der Waals surface area (Å²) in [4.78, 5) is 6.53. The van der Waals surface area contributed by atoms with Gasteiger partial charge in [-0.1, -0.05) is 24.9 Å². The zero-order chi connectivity index (χ0) is 12.3. The SMILES string of the molecule is CCCC1CCN(c2cc(C#N)cc(Cl)n2)C1. The van der Waals surface area contributed by atoms with E-state index in [9.17, 15) is 0 Å². The van der Waals surface area contributed by atoms with Gasteiger partial charge >= 0.3 is 0 Å². The van der Waals surface area contributed by atoms with Gasteiger partial charge in [-0.25, -0.2) is 4.98 Å². The topological polar surface area (TPSA) is 39.9 Å². The molecule has 1 aromatic rings. The standard InChI is InChI=1S/C13H16ClN3/c1-2-3-10-4-5-17(9-10)13-7-11(8-15)6-12(14)16-13/h6-7,10H,2-5,9H2,1H3. The second-order valence-electron chi connectivity index (χ2n) is 4.54. The Balaban J connectivity index is 2.13. The van der Waals surface area contributed by atoms with Crippen LogP contribution in [0.25, 0.3) is 0 Å². The van der Waals surface area contributed by atoms with Crippen molar-refractivity contribution >= 4 is 17.4 Å². The lowest BCUT2D eigenvalue weighted by Gasteiger charge is -2.17. The summed E-state index contributed by atoms with van der Waals surface area (Å²) in [7, 11) is 0. The minimum atomic E-state index is 0.401. The maximum atomic E-state index is 8.91. The number of anilines is 1. The highest BCUT2D eigenvalue weighted by Gasteiger charge is 2.23. The lowest BCUT2D eigenvalue weighted by atomic mass is 10.0. The number of nitriles is 1. The fourth-order valence-corrected chi connectivity index (χ4v) is 2.60. The van der Waals surface area contributed by atoms with Crippen molar-refractivity contribution in [3.05, 3.63) is 22.8 Å². The van der Waals surface area contributed by atoms with Crippen molar-refractivity contribution in [3.8, 4) is 6.07 Å². The second kappa shape index (κ2) is 5.37. The van der Waals surface area contributed by atoms with Crippen LogP contribution in [0.1, 0.15) is 31.7 Å². The number of nitrogens with zero attached hydrogens (tertiary/aromatic N) is 3. The molecule has 0 amide bonds. The van der Waals surface area contributed by atoms with Crippen molar-refractivity contribution < 1.29 is 0 Å². The Kier molecular flexibility index (Phi) is 3.86. The van der Waals surface area contributed by atoms with Gasteiger partial charge in [0.15, 0.2) is 0 Å². The van der Waals surface area contributed by atoms with E-state index in [1.54, 1.807) is 6.07 Å². The van der Waals surface area contributed by atoms with Gasteiger partial charge in [-0.15, -0.1) is 0 Å². The van der Waals surface area contributed by atoms with Gasteiger partial charge in [0.2, 0.25) is 0 Å². The third kappa shape index (κ3) is 2.89. The maximum Gasteiger partial charge on any atom is 0.132 e. The highest BCUT2D eigenvalue weighted by molar-refractivity contribution is 6.29. The summed E-state index contributed by atoms with van der Waals surface area (Å²) in [6.07, 6.45) is 3.71. The molecule has 0 aromatic carbocycles. The molecule has 0 spiro atoms. The fraction of sp³-hybridized carbons (Fsp3) is 0.538. The molecule has 1 aromatic heterocycles. The largest absolute Gasteiger partial charge is 0.356 e. The summed E-state index contributed by atoms with van der Waals surface area (Å²) in [6, 6.07) is 5.54. The van der Waals surface area contributed by atoms with E-state index in [2.05, 4.69) is 22.9 Å². The van der Waals surface area contributed by atoms with Gasteiger partial charge in [0.1, 0.15) is 11.0 Å². The molecule has 0 bridgehead atoms. The second-order valence-corrected chi connectivity index (χ2v) is 4.93. The van der Waals surface area contributed by atoms with Crippen molar-refractivity contribution in [2.45, 2.75) is 26.2 Å². The molecule has 1 saturated heterocycles. The number of hydrogen-bond donors (Lipinski definition) is 0. The molecule has 0 N–H and O–H groups in total. The van der Waals surface area contributed by atoms with Crippen LogP contribution in [0.15, 0.2) is 12.1 Å². The molecule has 0 radical (unpaired) electrons. The lowest BCUT2D eigenvalue weighted by molar-refractivity contribution is 0.529. The van der Waals surface area contributed by atoms with Crippen LogP contribution in [0.5, 0.6) is 0 Å². The highest BCUT2D eigenvalue weighted by Crippen LogP contribution is 2.26. The molecule has 1 unspecified atom stereocenters. The first-order valence-corrected chi connectivity index (χ1v) is 6.43. The van der Waals surface area contributed by atoms with Crippen molar-refractivity contribution in [2.24, 2.45) is 5.92 Å². The molecule has 4 heteroatoms. The summed E-state index contributed by atoms with van der Waals surface area (Å²) in [5.74, 6) is 1.60. The van der Waals surface area contributed by atoms with Crippen LogP contribution in [-0.4, -0.2) is 18.1 Å². The van der Waals surface area contributed by atoms with Crippen LogP contribution < -0.4 is 4.90 Å². The number of pyridine rings is 1. The zero-order valence-electron chi connectivity index (χ0n) is 9.99. The van der Waals surface area contributed by atoms with Gasteiger partial charge < -0.3 is 4.90 Å². The number of hydrogen-bond acceptors (Lipinski definition) is 3. The first-order valence-electron chi connectivity index (χ1n) is 6.05. The molecule has 1 fully saturated rings. The van der Waals surface area contributed by atoms with Crippen molar-refractivity contribution in [1.29, 1.82) is 5.26 Å². The van der Waals surface area contributed by atoms with Gasteiger partial charge in [0, 0.05) is 13.1 Å². The van der Waals surface area contributed by atoms with E-state index in [1.807, 2.05) is 6.07 Å². The molecule has 17 heavy (non-hydrogen) atoms. The summed E-state index contributed by atoms with van der Waals surface area (Å²) < 4.78 is 0. The molecule has 1 aliphatic heterocycles. The molecule has 3 nitrogen and oxygen atoms in total. The van der Waals surface area contributed by atoms with E-state index in [4.69, 9.17) is 16.9 Å². The molecular weight excluding hydrogens is 234 g/mol. The predicted molar refractivity (Wildman–Crippen MR) is 69.2 cm³/mol. The van der Waals surface area contributed by atoms with Gasteiger partial charge in [-0.05, 0) is 30.9 Å². The van der Waals surface area contributed by atoms with E-state index in [0.717, 1.165) is 24.8 Å². The molecule has 90 valence electrons. The Bertz CT molecular complexity index is 439. The fourth-order valence-electron chi connectivity index (χ4n) is 2.39. The molecule has 2 heterocycles. The third-order valence-corrected chi connectivity index (χ3v) is 3.41. The Labute approximate surface area is 107 Å². The highest BCUT2D eigenvalue weighted by atomic mass is 35.5. The maximum absolute atomic E-state index is 8.91. The number of aromatic nitrogens is 1. The van der Waals surface area contributed by atoms with Crippen molar-refractivity contribution in [3.63, 3.8) is 0 Å². The molecule has 1 aliphatic rings. The molecule has 1 atom stereocenters. The normalized spacial score (nSPS) is 19.4. The summed E-state index contributed by atoms with van der Waals surface area (Å²) in [5, 5.41) is 9.31. The quantitative estimate of drug-likeness (QED) is 0.772. The lowest BCUT2D eigenvalue weighted by Crippen LogP contribution is -2.20. The van der Waals surface area contributed by atoms with Gasteiger partial charge in [0.05, 0.1) is 11.6 Å². The Morgan fingerprint density at radius 1 is 1.59 bits per heavy atom. The molecular formula is C13H16ClN3. The summed E-state index contributed by atoms with van der Waals surface area (Å²) in [6.45, 7) is 4.27. The van der Waals surface area contributed by atoms with Gasteiger partial charge in [-0.3, -0.25) is 0 Å². The summed E-state index contributed by atoms with van der Waals surface area (Å²) in [5.41, 5.74) is 0.582. The van der Waals surface area contributed by atoms with Gasteiger partial charge in [-0.2, -0.15) is 5.26 Å². The number of halogens is 1. The monoisotopic (exact) mass is 249 g/mol. The molecule has 0 saturated carbocycles. The smallest absolute Gasteiger partial charge is 0.132 e. The van der Waals surface area contributed by atoms with Crippen LogP contribution in [-0.2, 0) is 0 Å². The minimum absolute atomic E-state index is 0.401. The van der Waals surface area contributed by atoms with Crippen LogP contribution >= 0.6 is 11.6 Å². The van der Waals surface area contributed by atoms with E-state index in [1.165, 1.54) is 19.3 Å². The van der Waals surface area contributed by atoms with Crippen LogP contribution in [0.2, 0.25) is 5.15 Å². The summed E-state index contributed by atoms with van der Waals surface area (Å²) >= 11 is 5.92. The first-order chi connectivity index (χ1) is 8.22. The third-order valence-electron chi connectivity index (χ3n) is 3.22. The van der Waals surface area contributed by atoms with Crippen LogP contribution in [0, 0.1) is 17.2 Å². The average molecular weight is 250 g/mol. The predicted octanol–water partition coefficient (Wildman–Crippen LogP) is 3.23. The molecule has 0 aliphatic carbocycles. The van der Waals surface area contributed by atoms with E-state index < -0.39 is 0 Å². The van der Waals surface area contributed by atoms with Crippen molar-refractivity contribution in [2.75, 3.05) is 18.0 Å². The Morgan fingerprint density at radius 3 is 3.12 bits per heavy atom. The van der Waals surface area contributed by atoms with Crippen molar-refractivity contribution in [1.82, 2.24) is 4.98 Å². The average Bonchev–Trinajstić information content (AvgIpc) is 2.77. The zero-order valence-corrected chi connectivity index (χ0v) is 10.7. The number of rotatable bonds is 3. The minimum Gasteiger partial charge on any atom is -0.356 e. The van der Waals surface area contributed by atoms with Crippen LogP contribution in [0.3, 0.4) is 0 Å². The van der Waals surface area contributed by atoms with E-state index in [0.29, 0.717) is 10.7 Å². The van der Waals surface area contributed by atoms with E-state index >= 15 is 0 Å². The van der Waals surface area contributed by atoms with E-state index in [-0.39, 0.29) is 0 Å². The Morgan fingerprint density at radius 2 is 2.41 bits per heavy atom. The van der Waals surface area contributed by atoms with Crippen LogP contribution in [0.4, 0.5) is 5.82 Å².